The normalized spacial score (nSPS) is 17.9. The van der Waals surface area contributed by atoms with Crippen molar-refractivity contribution in [3.63, 3.8) is 0 Å². The molecule has 2 aromatic rings. The van der Waals surface area contributed by atoms with E-state index in [-0.39, 0.29) is 11.8 Å². The van der Waals surface area contributed by atoms with E-state index in [4.69, 9.17) is 0 Å². The number of carbonyl (C=O) groups is 2. The zero-order valence-electron chi connectivity index (χ0n) is 15.9. The lowest BCUT2D eigenvalue weighted by molar-refractivity contribution is -0.119. The van der Waals surface area contributed by atoms with Crippen LogP contribution in [0.3, 0.4) is 0 Å². The van der Waals surface area contributed by atoms with Gasteiger partial charge in [0, 0.05) is 44.2 Å². The molecule has 7 heteroatoms. The monoisotopic (exact) mass is 367 g/mol. The molecule has 0 bridgehead atoms. The summed E-state index contributed by atoms with van der Waals surface area (Å²) in [7, 11) is 2.08. The van der Waals surface area contributed by atoms with Crippen molar-refractivity contribution in [1.29, 1.82) is 0 Å². The summed E-state index contributed by atoms with van der Waals surface area (Å²) in [6, 6.07) is 9.57. The number of anilines is 1. The summed E-state index contributed by atoms with van der Waals surface area (Å²) in [4.78, 5) is 31.0. The third-order valence-electron chi connectivity index (χ3n) is 5.33. The first-order valence-corrected chi connectivity index (χ1v) is 9.43. The van der Waals surface area contributed by atoms with Gasteiger partial charge in [-0.1, -0.05) is 12.1 Å². The van der Waals surface area contributed by atoms with Crippen LogP contribution < -0.4 is 4.90 Å². The van der Waals surface area contributed by atoms with Gasteiger partial charge in [0.1, 0.15) is 5.82 Å². The molecule has 142 valence electrons. The number of aryl methyl sites for hydroxylation is 2. The molecule has 1 aromatic heterocycles. The van der Waals surface area contributed by atoms with Crippen LogP contribution in [-0.2, 0) is 17.9 Å². The summed E-state index contributed by atoms with van der Waals surface area (Å²) >= 11 is 0. The lowest BCUT2D eigenvalue weighted by Crippen LogP contribution is -2.47. The van der Waals surface area contributed by atoms with Crippen LogP contribution in [0.4, 0.5) is 5.82 Å². The van der Waals surface area contributed by atoms with Crippen molar-refractivity contribution in [2.24, 2.45) is 0 Å². The van der Waals surface area contributed by atoms with Crippen molar-refractivity contribution in [1.82, 2.24) is 19.6 Å². The summed E-state index contributed by atoms with van der Waals surface area (Å²) in [6.45, 7) is 6.42. The van der Waals surface area contributed by atoms with Crippen LogP contribution in [0.2, 0.25) is 0 Å². The third-order valence-corrected chi connectivity index (χ3v) is 5.33. The number of carbonyl (C=O) groups excluding carboxylic acids is 2. The number of benzene rings is 1. The molecule has 2 aliphatic rings. The van der Waals surface area contributed by atoms with Crippen LogP contribution >= 0.6 is 0 Å². The molecule has 0 saturated carbocycles. The molecule has 4 rings (SSSR count). The van der Waals surface area contributed by atoms with Gasteiger partial charge in [-0.15, -0.1) is 0 Å². The fraction of sp³-hybridized carbons (Fsp3) is 0.450. The minimum atomic E-state index is 0.0809. The molecule has 0 unspecified atom stereocenters. The van der Waals surface area contributed by atoms with E-state index in [2.05, 4.69) is 17.0 Å². The summed E-state index contributed by atoms with van der Waals surface area (Å²) in [5, 5.41) is 4.44. The fourth-order valence-corrected chi connectivity index (χ4v) is 3.67. The third kappa shape index (κ3) is 3.60. The van der Waals surface area contributed by atoms with Gasteiger partial charge in [0.2, 0.25) is 5.91 Å². The maximum atomic E-state index is 12.7. The molecule has 7 nitrogen and oxygen atoms in total. The Morgan fingerprint density at radius 2 is 1.78 bits per heavy atom. The molecule has 2 amide bonds. The van der Waals surface area contributed by atoms with Crippen LogP contribution in [0.5, 0.6) is 0 Å². The topological polar surface area (TPSA) is 61.7 Å². The minimum Gasteiger partial charge on any atom is -0.336 e. The molecule has 27 heavy (non-hydrogen) atoms. The summed E-state index contributed by atoms with van der Waals surface area (Å²) < 4.78 is 1.89. The van der Waals surface area contributed by atoms with Crippen molar-refractivity contribution in [3.8, 4) is 0 Å². The second kappa shape index (κ2) is 7.15. The van der Waals surface area contributed by atoms with Crippen molar-refractivity contribution >= 4 is 17.6 Å². The first-order valence-electron chi connectivity index (χ1n) is 9.43. The number of nitrogens with zero attached hydrogens (tertiary/aromatic N) is 5. The van der Waals surface area contributed by atoms with Gasteiger partial charge in [0.25, 0.3) is 5.91 Å². The highest BCUT2D eigenvalue weighted by Gasteiger charge is 2.26. The Morgan fingerprint density at radius 3 is 2.48 bits per heavy atom. The maximum Gasteiger partial charge on any atom is 0.253 e. The van der Waals surface area contributed by atoms with Crippen molar-refractivity contribution < 1.29 is 9.59 Å². The van der Waals surface area contributed by atoms with Gasteiger partial charge in [0.15, 0.2) is 0 Å². The molecule has 0 aliphatic carbocycles. The highest BCUT2D eigenvalue weighted by molar-refractivity contribution is 5.95. The number of hydrogen-bond acceptors (Lipinski definition) is 4. The first kappa shape index (κ1) is 17.7. The van der Waals surface area contributed by atoms with Gasteiger partial charge in [-0.2, -0.15) is 5.10 Å². The number of aromatic nitrogens is 2. The highest BCUT2D eigenvalue weighted by Crippen LogP contribution is 2.24. The van der Waals surface area contributed by atoms with E-state index in [1.165, 1.54) is 0 Å². The van der Waals surface area contributed by atoms with E-state index in [9.17, 15) is 9.59 Å². The van der Waals surface area contributed by atoms with Crippen LogP contribution in [-0.4, -0.2) is 64.6 Å². The zero-order valence-corrected chi connectivity index (χ0v) is 15.9. The summed E-state index contributed by atoms with van der Waals surface area (Å²) in [5.74, 6) is 1.04. The summed E-state index contributed by atoms with van der Waals surface area (Å²) in [6.07, 6.45) is 0.466. The highest BCUT2D eigenvalue weighted by atomic mass is 16.2. The Labute approximate surface area is 159 Å². The lowest BCUT2D eigenvalue weighted by Gasteiger charge is -2.32. The smallest absolute Gasteiger partial charge is 0.253 e. The average Bonchev–Trinajstić information content (AvgIpc) is 3.05. The number of hydrogen-bond donors (Lipinski definition) is 0. The van der Waals surface area contributed by atoms with Crippen LogP contribution in [0.15, 0.2) is 30.3 Å². The average molecular weight is 367 g/mol. The lowest BCUT2D eigenvalue weighted by atomic mass is 10.1. The van der Waals surface area contributed by atoms with Crippen LogP contribution in [0.1, 0.15) is 28.0 Å². The van der Waals surface area contributed by atoms with Crippen molar-refractivity contribution in [2.45, 2.75) is 26.4 Å². The molecular formula is C20H25N5O2. The Bertz CT molecular complexity index is 850. The molecule has 0 atom stereocenters. The predicted molar refractivity (Wildman–Crippen MR) is 103 cm³/mol. The Balaban J connectivity index is 1.47. The van der Waals surface area contributed by atoms with Crippen molar-refractivity contribution in [3.05, 3.63) is 47.2 Å². The second-order valence-electron chi connectivity index (χ2n) is 7.39. The number of rotatable bonds is 3. The standard InChI is InChI=1S/C20H25N5O2/c1-15-13-18-24(19(26)7-8-25(18)21-15)14-16-3-5-17(6-4-16)20(27)23-11-9-22(2)10-12-23/h3-6,13H,7-12,14H2,1-2H3. The van der Waals surface area contributed by atoms with E-state index in [1.54, 1.807) is 4.90 Å². The van der Waals surface area contributed by atoms with E-state index >= 15 is 0 Å². The van der Waals surface area contributed by atoms with Crippen LogP contribution in [0.25, 0.3) is 0 Å². The summed E-state index contributed by atoms with van der Waals surface area (Å²) in [5.41, 5.74) is 2.62. The van der Waals surface area contributed by atoms with E-state index < -0.39 is 0 Å². The van der Waals surface area contributed by atoms with Crippen molar-refractivity contribution in [2.75, 3.05) is 38.1 Å². The number of amides is 2. The van der Waals surface area contributed by atoms with E-state index in [0.717, 1.165) is 43.3 Å². The zero-order chi connectivity index (χ0) is 19.0. The van der Waals surface area contributed by atoms with Gasteiger partial charge >= 0.3 is 0 Å². The number of piperazine rings is 1. The maximum absolute atomic E-state index is 12.7. The molecular weight excluding hydrogens is 342 g/mol. The molecule has 2 aliphatic heterocycles. The molecule has 3 heterocycles. The van der Waals surface area contributed by atoms with Gasteiger partial charge in [-0.05, 0) is 31.7 Å². The molecule has 0 radical (unpaired) electrons. The quantitative estimate of drug-likeness (QED) is 0.825. The minimum absolute atomic E-state index is 0.0809. The fourth-order valence-electron chi connectivity index (χ4n) is 3.67. The molecule has 0 N–H and O–H groups in total. The van der Waals surface area contributed by atoms with Gasteiger partial charge < -0.3 is 9.80 Å². The van der Waals surface area contributed by atoms with Gasteiger partial charge in [0.05, 0.1) is 18.8 Å². The Kier molecular flexibility index (Phi) is 4.70. The molecule has 1 fully saturated rings. The Hall–Kier alpha value is -2.67. The van der Waals surface area contributed by atoms with Crippen LogP contribution in [0, 0.1) is 6.92 Å². The number of fused-ring (bicyclic) bond motifs is 1. The number of likely N-dealkylation sites (N-methyl/N-ethyl adjacent to an activating group) is 1. The second-order valence-corrected chi connectivity index (χ2v) is 7.39. The van der Waals surface area contributed by atoms with E-state index in [0.29, 0.717) is 25.1 Å². The molecule has 1 saturated heterocycles. The predicted octanol–water partition coefficient (Wildman–Crippen LogP) is 1.52. The first-order chi connectivity index (χ1) is 13.0. The Morgan fingerprint density at radius 1 is 1.07 bits per heavy atom. The molecule has 1 aromatic carbocycles. The largest absolute Gasteiger partial charge is 0.336 e. The SMILES string of the molecule is Cc1cc2n(n1)CCC(=O)N2Cc1ccc(C(=O)N2CCN(C)CC2)cc1. The molecule has 0 spiro atoms. The van der Waals surface area contributed by atoms with E-state index in [1.807, 2.05) is 46.8 Å². The van der Waals surface area contributed by atoms with Gasteiger partial charge in [-0.3, -0.25) is 14.5 Å². The van der Waals surface area contributed by atoms with Gasteiger partial charge in [-0.25, -0.2) is 4.68 Å².